The van der Waals surface area contributed by atoms with E-state index in [9.17, 15) is 4.79 Å². The van der Waals surface area contributed by atoms with Crippen molar-refractivity contribution in [3.05, 3.63) is 53.1 Å². The van der Waals surface area contributed by atoms with Crippen LogP contribution in [0.3, 0.4) is 0 Å². The Bertz CT molecular complexity index is 900. The number of benzene rings is 2. The second-order valence-corrected chi connectivity index (χ2v) is 9.45. The van der Waals surface area contributed by atoms with Crippen LogP contribution in [0.2, 0.25) is 0 Å². The molecule has 32 heavy (non-hydrogen) atoms. The summed E-state index contributed by atoms with van der Waals surface area (Å²) in [5, 5.41) is 3.84. The lowest BCUT2D eigenvalue weighted by Gasteiger charge is -2.28. The van der Waals surface area contributed by atoms with Crippen LogP contribution in [-0.2, 0) is 11.3 Å². The Morgan fingerprint density at radius 2 is 1.84 bits per heavy atom. The predicted octanol–water partition coefficient (Wildman–Crippen LogP) is 6.35. The molecule has 0 amide bonds. The fourth-order valence-electron chi connectivity index (χ4n) is 5.04. The van der Waals surface area contributed by atoms with Crippen molar-refractivity contribution in [1.82, 2.24) is 5.32 Å². The number of ether oxygens (including phenoxy) is 1. The summed E-state index contributed by atoms with van der Waals surface area (Å²) in [6.07, 6.45) is 9.35. The topological polar surface area (TPSA) is 41.6 Å². The zero-order valence-corrected chi connectivity index (χ0v) is 20.5. The van der Waals surface area contributed by atoms with Gasteiger partial charge in [-0.2, -0.15) is 0 Å². The van der Waals surface area contributed by atoms with Crippen molar-refractivity contribution in [2.75, 3.05) is 26.1 Å². The SMILES string of the molecule is CCC(CC1CCCCC1)NCc1cc(-c2ccccc2C)c(C(=O)OC)cc1N(C)C. The van der Waals surface area contributed by atoms with Gasteiger partial charge < -0.3 is 15.0 Å². The van der Waals surface area contributed by atoms with Gasteiger partial charge in [-0.1, -0.05) is 63.3 Å². The lowest BCUT2D eigenvalue weighted by atomic mass is 9.84. The zero-order chi connectivity index (χ0) is 23.1. The minimum Gasteiger partial charge on any atom is -0.465 e. The molecule has 1 atom stereocenters. The largest absolute Gasteiger partial charge is 0.465 e. The van der Waals surface area contributed by atoms with Gasteiger partial charge in [0, 0.05) is 32.4 Å². The van der Waals surface area contributed by atoms with Gasteiger partial charge in [0.25, 0.3) is 0 Å². The van der Waals surface area contributed by atoms with Crippen LogP contribution >= 0.6 is 0 Å². The third-order valence-corrected chi connectivity index (χ3v) is 6.96. The third kappa shape index (κ3) is 5.92. The number of carbonyl (C=O) groups is 1. The van der Waals surface area contributed by atoms with E-state index in [1.807, 2.05) is 32.3 Å². The number of anilines is 1. The minimum atomic E-state index is -0.297. The van der Waals surface area contributed by atoms with Crippen molar-refractivity contribution in [3.63, 3.8) is 0 Å². The second-order valence-electron chi connectivity index (χ2n) is 9.45. The van der Waals surface area contributed by atoms with Gasteiger partial charge in [-0.15, -0.1) is 0 Å². The number of aryl methyl sites for hydroxylation is 1. The van der Waals surface area contributed by atoms with Crippen LogP contribution < -0.4 is 10.2 Å². The Morgan fingerprint density at radius 3 is 2.47 bits per heavy atom. The van der Waals surface area contributed by atoms with Gasteiger partial charge in [0.1, 0.15) is 0 Å². The van der Waals surface area contributed by atoms with Gasteiger partial charge in [0.2, 0.25) is 0 Å². The van der Waals surface area contributed by atoms with Crippen LogP contribution in [0, 0.1) is 12.8 Å². The molecule has 1 aliphatic carbocycles. The standard InChI is InChI=1S/C28H40N2O2/c1-6-23(16-21-13-8-7-9-14-21)29-19-22-17-25(24-15-11-10-12-20(24)2)26(28(31)32-5)18-27(22)30(3)4/h10-12,15,17-18,21,23,29H,6-9,13-14,16,19H2,1-5H3. The van der Waals surface area contributed by atoms with Gasteiger partial charge in [0.15, 0.2) is 0 Å². The summed E-state index contributed by atoms with van der Waals surface area (Å²) in [5.41, 5.74) is 6.05. The number of hydrogen-bond donors (Lipinski definition) is 1. The summed E-state index contributed by atoms with van der Waals surface area (Å²) in [6, 6.07) is 12.9. The smallest absolute Gasteiger partial charge is 0.338 e. The molecule has 1 fully saturated rings. The van der Waals surface area contributed by atoms with Crippen molar-refractivity contribution in [3.8, 4) is 11.1 Å². The van der Waals surface area contributed by atoms with Crippen LogP contribution in [0.1, 0.15) is 73.4 Å². The number of esters is 1. The van der Waals surface area contributed by atoms with E-state index in [-0.39, 0.29) is 5.97 Å². The molecule has 3 rings (SSSR count). The molecule has 0 aromatic heterocycles. The van der Waals surface area contributed by atoms with E-state index in [1.165, 1.54) is 51.2 Å². The first-order valence-electron chi connectivity index (χ1n) is 12.2. The molecule has 0 spiro atoms. The first kappa shape index (κ1) is 24.3. The van der Waals surface area contributed by atoms with Crippen LogP contribution in [0.25, 0.3) is 11.1 Å². The zero-order valence-electron chi connectivity index (χ0n) is 20.5. The fraction of sp³-hybridized carbons (Fsp3) is 0.536. The number of methoxy groups -OCH3 is 1. The summed E-state index contributed by atoms with van der Waals surface area (Å²) in [7, 11) is 5.52. The van der Waals surface area contributed by atoms with Crippen molar-refractivity contribution >= 4 is 11.7 Å². The molecular weight excluding hydrogens is 396 g/mol. The minimum absolute atomic E-state index is 0.297. The Hall–Kier alpha value is -2.33. The highest BCUT2D eigenvalue weighted by molar-refractivity contribution is 5.99. The van der Waals surface area contributed by atoms with E-state index in [1.54, 1.807) is 0 Å². The Labute approximate surface area is 194 Å². The molecular formula is C28H40N2O2. The molecule has 174 valence electrons. The maximum Gasteiger partial charge on any atom is 0.338 e. The van der Waals surface area contributed by atoms with Crippen molar-refractivity contribution < 1.29 is 9.53 Å². The van der Waals surface area contributed by atoms with E-state index < -0.39 is 0 Å². The summed E-state index contributed by atoms with van der Waals surface area (Å²) < 4.78 is 5.14. The van der Waals surface area contributed by atoms with E-state index in [0.29, 0.717) is 11.6 Å². The molecule has 2 aromatic carbocycles. The highest BCUT2D eigenvalue weighted by atomic mass is 16.5. The number of carbonyl (C=O) groups excluding carboxylic acids is 1. The summed E-state index contributed by atoms with van der Waals surface area (Å²) >= 11 is 0. The summed E-state index contributed by atoms with van der Waals surface area (Å²) in [6.45, 7) is 5.16. The van der Waals surface area contributed by atoms with Crippen molar-refractivity contribution in [2.24, 2.45) is 5.92 Å². The van der Waals surface area contributed by atoms with Crippen molar-refractivity contribution in [2.45, 2.75) is 71.4 Å². The maximum absolute atomic E-state index is 12.7. The molecule has 0 bridgehead atoms. The van der Waals surface area contributed by atoms with Gasteiger partial charge in [0.05, 0.1) is 12.7 Å². The Balaban J connectivity index is 1.92. The second kappa shape index (κ2) is 11.5. The number of nitrogens with one attached hydrogen (secondary N) is 1. The molecule has 0 heterocycles. The number of nitrogens with zero attached hydrogens (tertiary/aromatic N) is 1. The van der Waals surface area contributed by atoms with Crippen LogP contribution in [-0.4, -0.2) is 33.2 Å². The Morgan fingerprint density at radius 1 is 1.12 bits per heavy atom. The van der Waals surface area contributed by atoms with E-state index in [4.69, 9.17) is 4.74 Å². The molecule has 0 saturated heterocycles. The third-order valence-electron chi connectivity index (χ3n) is 6.96. The number of hydrogen-bond acceptors (Lipinski definition) is 4. The molecule has 4 nitrogen and oxygen atoms in total. The highest BCUT2D eigenvalue weighted by Gasteiger charge is 2.21. The molecule has 1 saturated carbocycles. The lowest BCUT2D eigenvalue weighted by molar-refractivity contribution is 0.0601. The predicted molar refractivity (Wildman–Crippen MR) is 134 cm³/mol. The van der Waals surface area contributed by atoms with Gasteiger partial charge in [-0.25, -0.2) is 4.79 Å². The fourth-order valence-corrected chi connectivity index (χ4v) is 5.04. The van der Waals surface area contributed by atoms with Gasteiger partial charge in [-0.05, 0) is 60.1 Å². The van der Waals surface area contributed by atoms with Crippen LogP contribution in [0.4, 0.5) is 5.69 Å². The van der Waals surface area contributed by atoms with E-state index in [2.05, 4.69) is 42.3 Å². The average molecular weight is 437 g/mol. The van der Waals surface area contributed by atoms with Gasteiger partial charge >= 0.3 is 5.97 Å². The number of rotatable bonds is 9. The normalized spacial score (nSPS) is 15.4. The Kier molecular flexibility index (Phi) is 8.75. The van der Waals surface area contributed by atoms with Crippen LogP contribution in [0.15, 0.2) is 36.4 Å². The first-order chi connectivity index (χ1) is 15.4. The van der Waals surface area contributed by atoms with Gasteiger partial charge in [-0.3, -0.25) is 0 Å². The molecule has 4 heteroatoms. The molecule has 1 N–H and O–H groups in total. The molecule has 1 aliphatic rings. The molecule has 0 aliphatic heterocycles. The monoisotopic (exact) mass is 436 g/mol. The van der Waals surface area contributed by atoms with E-state index >= 15 is 0 Å². The molecule has 2 aromatic rings. The maximum atomic E-state index is 12.7. The summed E-state index contributed by atoms with van der Waals surface area (Å²) in [5.74, 6) is 0.563. The molecule has 1 unspecified atom stereocenters. The lowest BCUT2D eigenvalue weighted by Crippen LogP contribution is -2.31. The summed E-state index contributed by atoms with van der Waals surface area (Å²) in [4.78, 5) is 14.8. The quantitative estimate of drug-likeness (QED) is 0.465. The first-order valence-corrected chi connectivity index (χ1v) is 12.2. The average Bonchev–Trinajstić information content (AvgIpc) is 2.81. The highest BCUT2D eigenvalue weighted by Crippen LogP contribution is 2.34. The van der Waals surface area contributed by atoms with E-state index in [0.717, 1.165) is 41.3 Å². The molecule has 0 radical (unpaired) electrons. The van der Waals surface area contributed by atoms with Crippen molar-refractivity contribution in [1.29, 1.82) is 0 Å². The van der Waals surface area contributed by atoms with Crippen LogP contribution in [0.5, 0.6) is 0 Å².